The van der Waals surface area contributed by atoms with Crippen molar-refractivity contribution in [1.29, 1.82) is 0 Å². The van der Waals surface area contributed by atoms with Gasteiger partial charge in [-0.3, -0.25) is 9.55 Å². The predicted octanol–water partition coefficient (Wildman–Crippen LogP) is 4.38. The van der Waals surface area contributed by atoms with Crippen LogP contribution in [0.2, 0.25) is 0 Å². The van der Waals surface area contributed by atoms with Gasteiger partial charge in [0.05, 0.1) is 22.9 Å². The second kappa shape index (κ2) is 4.56. The first-order valence-corrected chi connectivity index (χ1v) is 7.04. The number of hydrogen-bond donors (Lipinski definition) is 1. The fourth-order valence-corrected chi connectivity index (χ4v) is 2.81. The minimum absolute atomic E-state index is 0.0575. The average Bonchev–Trinajstić information content (AvgIpc) is 2.73. The largest absolute Gasteiger partial charge is 0.329 e. The standard InChI is InChI=1S/C16H17N3S/c1-16(2,3)11-6-4-5-7-13(11)19-14-8-9-17-10-12(14)18-15(19)20/h4-10H,1-3H3,(H,18,20). The molecule has 0 unspecified atom stereocenters. The van der Waals surface area contributed by atoms with Gasteiger partial charge < -0.3 is 4.98 Å². The molecule has 0 saturated carbocycles. The maximum absolute atomic E-state index is 5.50. The Morgan fingerprint density at radius 2 is 1.90 bits per heavy atom. The highest BCUT2D eigenvalue weighted by Gasteiger charge is 2.19. The van der Waals surface area contributed by atoms with Gasteiger partial charge in [-0.05, 0) is 35.3 Å². The Balaban J connectivity index is 2.38. The monoisotopic (exact) mass is 283 g/mol. The second-order valence-corrected chi connectivity index (χ2v) is 6.31. The number of para-hydroxylation sites is 1. The SMILES string of the molecule is CC(C)(C)c1ccccc1-n1c(=S)[nH]c2cnccc21. The molecule has 0 spiro atoms. The number of nitrogens with zero attached hydrogens (tertiary/aromatic N) is 2. The van der Waals surface area contributed by atoms with Crippen LogP contribution in [0.5, 0.6) is 0 Å². The highest BCUT2D eigenvalue weighted by atomic mass is 32.1. The third-order valence-corrected chi connectivity index (χ3v) is 3.72. The molecular weight excluding hydrogens is 266 g/mol. The number of pyridine rings is 1. The van der Waals surface area contributed by atoms with Gasteiger partial charge in [-0.15, -0.1) is 0 Å². The second-order valence-electron chi connectivity index (χ2n) is 5.93. The molecule has 3 rings (SSSR count). The van der Waals surface area contributed by atoms with Gasteiger partial charge in [-0.1, -0.05) is 39.0 Å². The summed E-state index contributed by atoms with van der Waals surface area (Å²) >= 11 is 5.50. The number of hydrogen-bond acceptors (Lipinski definition) is 2. The summed E-state index contributed by atoms with van der Waals surface area (Å²) in [6, 6.07) is 10.4. The fraction of sp³-hybridized carbons (Fsp3) is 0.250. The molecule has 2 heterocycles. The van der Waals surface area contributed by atoms with Crippen molar-refractivity contribution in [3.05, 3.63) is 53.1 Å². The van der Waals surface area contributed by atoms with Crippen molar-refractivity contribution in [1.82, 2.24) is 14.5 Å². The van der Waals surface area contributed by atoms with Gasteiger partial charge >= 0.3 is 0 Å². The Bertz CT molecular complexity index is 821. The molecule has 0 bridgehead atoms. The van der Waals surface area contributed by atoms with Gasteiger partial charge in [0.2, 0.25) is 0 Å². The summed E-state index contributed by atoms with van der Waals surface area (Å²) < 4.78 is 2.79. The number of benzene rings is 1. The van der Waals surface area contributed by atoms with E-state index in [0.29, 0.717) is 4.77 Å². The van der Waals surface area contributed by atoms with Crippen LogP contribution in [0.15, 0.2) is 42.7 Å². The molecule has 0 amide bonds. The van der Waals surface area contributed by atoms with Gasteiger partial charge in [0.25, 0.3) is 0 Å². The average molecular weight is 283 g/mol. The Labute approximate surface area is 123 Å². The van der Waals surface area contributed by atoms with E-state index in [-0.39, 0.29) is 5.41 Å². The first-order chi connectivity index (χ1) is 9.48. The molecule has 0 radical (unpaired) electrons. The van der Waals surface area contributed by atoms with Crippen LogP contribution in [-0.4, -0.2) is 14.5 Å². The summed E-state index contributed by atoms with van der Waals surface area (Å²) in [6.07, 6.45) is 3.60. The molecule has 0 saturated heterocycles. The zero-order chi connectivity index (χ0) is 14.3. The van der Waals surface area contributed by atoms with Crippen molar-refractivity contribution in [2.75, 3.05) is 0 Å². The fourth-order valence-electron chi connectivity index (χ4n) is 2.50. The first-order valence-electron chi connectivity index (χ1n) is 6.63. The van der Waals surface area contributed by atoms with Gasteiger partial charge in [-0.25, -0.2) is 0 Å². The molecule has 4 heteroatoms. The lowest BCUT2D eigenvalue weighted by atomic mass is 9.86. The first kappa shape index (κ1) is 13.1. The zero-order valence-corrected chi connectivity index (χ0v) is 12.7. The van der Waals surface area contributed by atoms with Crippen LogP contribution in [0.25, 0.3) is 16.7 Å². The Morgan fingerprint density at radius 3 is 2.65 bits per heavy atom. The summed E-state index contributed by atoms with van der Waals surface area (Å²) in [7, 11) is 0. The normalized spacial score (nSPS) is 11.9. The van der Waals surface area contributed by atoms with Crippen molar-refractivity contribution in [2.45, 2.75) is 26.2 Å². The predicted molar refractivity (Wildman–Crippen MR) is 85.0 cm³/mol. The van der Waals surface area contributed by atoms with Crippen LogP contribution in [-0.2, 0) is 5.41 Å². The Morgan fingerprint density at radius 1 is 1.15 bits per heavy atom. The molecule has 0 aliphatic carbocycles. The molecule has 102 valence electrons. The number of rotatable bonds is 1. The maximum Gasteiger partial charge on any atom is 0.182 e. The van der Waals surface area contributed by atoms with E-state index in [1.165, 1.54) is 5.56 Å². The number of imidazole rings is 1. The minimum atomic E-state index is 0.0575. The molecule has 0 aliphatic rings. The van der Waals surface area contributed by atoms with Crippen molar-refractivity contribution in [2.24, 2.45) is 0 Å². The molecule has 1 N–H and O–H groups in total. The van der Waals surface area contributed by atoms with Gasteiger partial charge in [0.15, 0.2) is 4.77 Å². The van der Waals surface area contributed by atoms with Crippen LogP contribution in [0.4, 0.5) is 0 Å². The van der Waals surface area contributed by atoms with Crippen molar-refractivity contribution < 1.29 is 0 Å². The van der Waals surface area contributed by atoms with E-state index in [1.807, 2.05) is 12.1 Å². The van der Waals surface area contributed by atoms with E-state index >= 15 is 0 Å². The van der Waals surface area contributed by atoms with E-state index in [9.17, 15) is 0 Å². The molecule has 20 heavy (non-hydrogen) atoms. The summed E-state index contributed by atoms with van der Waals surface area (Å²) in [6.45, 7) is 6.64. The number of nitrogens with one attached hydrogen (secondary N) is 1. The highest BCUT2D eigenvalue weighted by Crippen LogP contribution is 2.30. The smallest absolute Gasteiger partial charge is 0.182 e. The lowest BCUT2D eigenvalue weighted by Gasteiger charge is -2.23. The summed E-state index contributed by atoms with van der Waals surface area (Å²) in [5.74, 6) is 0. The Hall–Kier alpha value is -1.94. The van der Waals surface area contributed by atoms with E-state index in [0.717, 1.165) is 16.7 Å². The van der Waals surface area contributed by atoms with Crippen LogP contribution >= 0.6 is 12.2 Å². The summed E-state index contributed by atoms with van der Waals surface area (Å²) in [4.78, 5) is 7.36. The number of H-pyrrole nitrogens is 1. The molecule has 1 aromatic carbocycles. The molecule has 0 aliphatic heterocycles. The summed E-state index contributed by atoms with van der Waals surface area (Å²) in [5.41, 5.74) is 4.47. The van der Waals surface area contributed by atoms with Crippen molar-refractivity contribution >= 4 is 23.3 Å². The number of fused-ring (bicyclic) bond motifs is 1. The number of aromatic amines is 1. The zero-order valence-electron chi connectivity index (χ0n) is 11.8. The van der Waals surface area contributed by atoms with E-state index in [2.05, 4.69) is 53.5 Å². The van der Waals surface area contributed by atoms with E-state index < -0.39 is 0 Å². The third kappa shape index (κ3) is 2.06. The highest BCUT2D eigenvalue weighted by molar-refractivity contribution is 7.71. The summed E-state index contributed by atoms with van der Waals surface area (Å²) in [5, 5.41) is 0. The van der Waals surface area contributed by atoms with Gasteiger partial charge in [0.1, 0.15) is 0 Å². The molecule has 0 fully saturated rings. The third-order valence-electron chi connectivity index (χ3n) is 3.44. The van der Waals surface area contributed by atoms with Crippen molar-refractivity contribution in [3.8, 4) is 5.69 Å². The minimum Gasteiger partial charge on any atom is -0.329 e. The molecule has 3 nitrogen and oxygen atoms in total. The quantitative estimate of drug-likeness (QED) is 0.672. The lowest BCUT2D eigenvalue weighted by Crippen LogP contribution is -2.15. The number of aromatic nitrogens is 3. The topological polar surface area (TPSA) is 33.6 Å². The van der Waals surface area contributed by atoms with Crippen LogP contribution in [0.3, 0.4) is 0 Å². The molecular formula is C16H17N3S. The maximum atomic E-state index is 5.50. The van der Waals surface area contributed by atoms with Crippen LogP contribution in [0.1, 0.15) is 26.3 Å². The van der Waals surface area contributed by atoms with E-state index in [4.69, 9.17) is 12.2 Å². The lowest BCUT2D eigenvalue weighted by molar-refractivity contribution is 0.586. The van der Waals surface area contributed by atoms with Gasteiger partial charge in [0, 0.05) is 6.20 Å². The molecule has 2 aromatic heterocycles. The molecule has 3 aromatic rings. The van der Waals surface area contributed by atoms with Crippen molar-refractivity contribution in [3.63, 3.8) is 0 Å². The van der Waals surface area contributed by atoms with E-state index in [1.54, 1.807) is 12.4 Å². The molecule has 0 atom stereocenters. The van der Waals surface area contributed by atoms with Gasteiger partial charge in [-0.2, -0.15) is 0 Å². The Kier molecular flexibility index (Phi) is 2.98. The van der Waals surface area contributed by atoms with Crippen LogP contribution < -0.4 is 0 Å². The van der Waals surface area contributed by atoms with Crippen LogP contribution in [0, 0.1) is 4.77 Å².